The first-order valence-corrected chi connectivity index (χ1v) is 20.2. The van der Waals surface area contributed by atoms with Crippen molar-refractivity contribution in [2.45, 2.75) is 19.3 Å². The molecule has 0 spiro atoms. The molecule has 0 radical (unpaired) electrons. The molecule has 0 saturated carbocycles. The predicted octanol–water partition coefficient (Wildman–Crippen LogP) is 14.9. The van der Waals surface area contributed by atoms with Crippen LogP contribution in [0.15, 0.2) is 186 Å². The van der Waals surface area contributed by atoms with Crippen LogP contribution in [0.25, 0.3) is 110 Å². The van der Waals surface area contributed by atoms with Crippen molar-refractivity contribution >= 4 is 76.3 Å². The number of rotatable bonds is 3. The normalized spacial score (nSPS) is 13.5. The molecular formula is C55H36N2O. The van der Waals surface area contributed by atoms with Crippen LogP contribution < -0.4 is 0 Å². The molecule has 9 aromatic carbocycles. The molecule has 1 aliphatic rings. The summed E-state index contributed by atoms with van der Waals surface area (Å²) in [6.45, 7) is 4.73. The second-order valence-electron chi connectivity index (χ2n) is 16.5. The Morgan fingerprint density at radius 3 is 1.84 bits per heavy atom. The van der Waals surface area contributed by atoms with Crippen LogP contribution in [0.5, 0.6) is 0 Å². The van der Waals surface area contributed by atoms with Gasteiger partial charge in [0.2, 0.25) is 0 Å². The molecule has 3 aromatic heterocycles. The van der Waals surface area contributed by atoms with Crippen LogP contribution in [0.1, 0.15) is 25.0 Å². The SMILES string of the molecule is CC1(C)c2ccccc2-c2cc3c4cc(-c5ccc6c(c5)c5cc7c(cc5n6-c5cccc6ccccc56)oc5ccccc57)ccc4n(-c4ccccc4)c3cc21. The number of hydrogen-bond donors (Lipinski definition) is 0. The zero-order chi connectivity index (χ0) is 38.3. The summed E-state index contributed by atoms with van der Waals surface area (Å²) in [5, 5.41) is 9.67. The number of nitrogens with zero attached hydrogens (tertiary/aromatic N) is 2. The summed E-state index contributed by atoms with van der Waals surface area (Å²) < 4.78 is 11.4. The van der Waals surface area contributed by atoms with E-state index in [0.29, 0.717) is 0 Å². The Morgan fingerprint density at radius 1 is 0.379 bits per heavy atom. The highest BCUT2D eigenvalue weighted by atomic mass is 16.3. The van der Waals surface area contributed by atoms with Crippen molar-refractivity contribution in [2.24, 2.45) is 0 Å². The molecule has 0 unspecified atom stereocenters. The standard InChI is InChI=1S/C55H36N2O/c1-55(2)46-20-10-8-18-38(46)40-29-43-41-27-34(23-25-49(41)56(51(43)31-47(40)55)36-15-4-3-5-16-36)35-24-26-50-42(28-35)44-30-45-39-19-9-11-22-53(39)58-54(45)32-52(44)57(50)48-21-12-14-33-13-6-7-17-37(33)48/h3-32H,1-2H3. The molecule has 0 fully saturated rings. The van der Waals surface area contributed by atoms with Crippen molar-refractivity contribution < 1.29 is 4.42 Å². The Bertz CT molecular complexity index is 3700. The van der Waals surface area contributed by atoms with Crippen LogP contribution in [0.3, 0.4) is 0 Å². The molecule has 0 aliphatic heterocycles. The molecule has 1 aliphatic carbocycles. The van der Waals surface area contributed by atoms with Crippen LogP contribution in [0.2, 0.25) is 0 Å². The lowest BCUT2D eigenvalue weighted by Gasteiger charge is -2.21. The van der Waals surface area contributed by atoms with Gasteiger partial charge in [-0.05, 0) is 105 Å². The molecule has 3 nitrogen and oxygen atoms in total. The average molecular weight is 741 g/mol. The Balaban J connectivity index is 1.08. The fraction of sp³-hybridized carbons (Fsp3) is 0.0545. The molecule has 58 heavy (non-hydrogen) atoms. The third kappa shape index (κ3) is 4.23. The van der Waals surface area contributed by atoms with Gasteiger partial charge in [-0.1, -0.05) is 123 Å². The lowest BCUT2D eigenvalue weighted by molar-refractivity contribution is 0.661. The summed E-state index contributed by atoms with van der Waals surface area (Å²) in [6.07, 6.45) is 0. The average Bonchev–Trinajstić information content (AvgIpc) is 3.96. The van der Waals surface area contributed by atoms with Crippen LogP contribution in [0, 0.1) is 0 Å². The Morgan fingerprint density at radius 2 is 1.02 bits per heavy atom. The van der Waals surface area contributed by atoms with Gasteiger partial charge in [0.15, 0.2) is 0 Å². The Labute approximate surface area is 334 Å². The quantitative estimate of drug-likeness (QED) is 0.177. The lowest BCUT2D eigenvalue weighted by Crippen LogP contribution is -2.14. The minimum atomic E-state index is -0.0851. The number of furan rings is 1. The van der Waals surface area contributed by atoms with E-state index in [-0.39, 0.29) is 5.41 Å². The van der Waals surface area contributed by atoms with E-state index < -0.39 is 0 Å². The zero-order valence-electron chi connectivity index (χ0n) is 32.1. The van der Waals surface area contributed by atoms with Gasteiger partial charge in [0.1, 0.15) is 11.2 Å². The second kappa shape index (κ2) is 11.4. The zero-order valence-corrected chi connectivity index (χ0v) is 32.1. The van der Waals surface area contributed by atoms with E-state index in [9.17, 15) is 0 Å². The van der Waals surface area contributed by atoms with Crippen molar-refractivity contribution in [3.63, 3.8) is 0 Å². The van der Waals surface area contributed by atoms with Crippen molar-refractivity contribution in [3.05, 3.63) is 193 Å². The first-order chi connectivity index (χ1) is 28.5. The van der Waals surface area contributed by atoms with Gasteiger partial charge in [-0.3, -0.25) is 0 Å². The number of benzene rings is 9. The van der Waals surface area contributed by atoms with Gasteiger partial charge in [0.05, 0.1) is 27.8 Å². The fourth-order valence-electron chi connectivity index (χ4n) is 10.3. The van der Waals surface area contributed by atoms with Crippen LogP contribution in [0.4, 0.5) is 0 Å². The molecule has 0 N–H and O–H groups in total. The first-order valence-electron chi connectivity index (χ1n) is 20.2. The van der Waals surface area contributed by atoms with E-state index in [1.54, 1.807) is 0 Å². The van der Waals surface area contributed by atoms with Crippen LogP contribution in [-0.2, 0) is 5.41 Å². The topological polar surface area (TPSA) is 23.0 Å². The van der Waals surface area contributed by atoms with E-state index in [1.807, 2.05) is 6.07 Å². The maximum Gasteiger partial charge on any atom is 0.137 e. The minimum absolute atomic E-state index is 0.0851. The van der Waals surface area contributed by atoms with Gasteiger partial charge in [-0.2, -0.15) is 0 Å². The summed E-state index contributed by atoms with van der Waals surface area (Å²) >= 11 is 0. The van der Waals surface area contributed by atoms with E-state index in [4.69, 9.17) is 4.42 Å². The number of para-hydroxylation sites is 2. The largest absolute Gasteiger partial charge is 0.456 e. The second-order valence-corrected chi connectivity index (χ2v) is 16.5. The summed E-state index contributed by atoms with van der Waals surface area (Å²) in [4.78, 5) is 0. The molecule has 0 saturated heterocycles. The van der Waals surface area contributed by atoms with E-state index in [0.717, 1.165) is 33.1 Å². The maximum atomic E-state index is 6.48. The summed E-state index contributed by atoms with van der Waals surface area (Å²) in [7, 11) is 0. The highest BCUT2D eigenvalue weighted by Crippen LogP contribution is 2.51. The lowest BCUT2D eigenvalue weighted by atomic mass is 9.82. The maximum absolute atomic E-state index is 6.48. The molecule has 13 rings (SSSR count). The third-order valence-electron chi connectivity index (χ3n) is 13.1. The molecule has 3 heteroatoms. The van der Waals surface area contributed by atoms with Gasteiger partial charge in [-0.15, -0.1) is 0 Å². The van der Waals surface area contributed by atoms with Crippen LogP contribution >= 0.6 is 0 Å². The predicted molar refractivity (Wildman–Crippen MR) is 243 cm³/mol. The van der Waals surface area contributed by atoms with Crippen molar-refractivity contribution in [2.75, 3.05) is 0 Å². The fourth-order valence-corrected chi connectivity index (χ4v) is 10.3. The van der Waals surface area contributed by atoms with Gasteiger partial charge in [-0.25, -0.2) is 0 Å². The number of fused-ring (bicyclic) bond motifs is 13. The highest BCUT2D eigenvalue weighted by Gasteiger charge is 2.36. The smallest absolute Gasteiger partial charge is 0.137 e. The third-order valence-corrected chi connectivity index (χ3v) is 13.1. The molecule has 0 amide bonds. The minimum Gasteiger partial charge on any atom is -0.456 e. The molecule has 3 heterocycles. The first kappa shape index (κ1) is 31.8. The molecule has 12 aromatic rings. The van der Waals surface area contributed by atoms with E-state index in [2.05, 4.69) is 199 Å². The molecule has 272 valence electrons. The summed E-state index contributed by atoms with van der Waals surface area (Å²) in [6, 6.07) is 67.0. The van der Waals surface area contributed by atoms with Crippen molar-refractivity contribution in [3.8, 4) is 33.6 Å². The van der Waals surface area contributed by atoms with E-state index >= 15 is 0 Å². The van der Waals surface area contributed by atoms with Crippen molar-refractivity contribution in [1.29, 1.82) is 0 Å². The van der Waals surface area contributed by atoms with Crippen LogP contribution in [-0.4, -0.2) is 9.13 Å². The summed E-state index contributed by atoms with van der Waals surface area (Å²) in [5.74, 6) is 0. The van der Waals surface area contributed by atoms with Gasteiger partial charge in [0, 0.05) is 54.9 Å². The van der Waals surface area contributed by atoms with Gasteiger partial charge < -0.3 is 13.6 Å². The number of aromatic nitrogens is 2. The molecule has 0 bridgehead atoms. The molecule has 0 atom stereocenters. The van der Waals surface area contributed by atoms with E-state index in [1.165, 1.54) is 87.9 Å². The molecular weight excluding hydrogens is 705 g/mol. The van der Waals surface area contributed by atoms with Crippen molar-refractivity contribution in [1.82, 2.24) is 9.13 Å². The number of hydrogen-bond acceptors (Lipinski definition) is 1. The summed E-state index contributed by atoms with van der Waals surface area (Å²) in [5.41, 5.74) is 16.7. The van der Waals surface area contributed by atoms with Gasteiger partial charge >= 0.3 is 0 Å². The Hall–Kier alpha value is -7.36. The highest BCUT2D eigenvalue weighted by molar-refractivity contribution is 6.19. The Kier molecular flexibility index (Phi) is 6.23. The van der Waals surface area contributed by atoms with Gasteiger partial charge in [0.25, 0.3) is 0 Å². The monoisotopic (exact) mass is 740 g/mol.